The molecule has 0 aliphatic rings. The van der Waals surface area contributed by atoms with Gasteiger partial charge in [0.1, 0.15) is 10.8 Å². The van der Waals surface area contributed by atoms with Gasteiger partial charge in [-0.25, -0.2) is 9.18 Å². The summed E-state index contributed by atoms with van der Waals surface area (Å²) in [6, 6.07) is 21.8. The highest BCUT2D eigenvalue weighted by Gasteiger charge is 2.11. The molecule has 0 aliphatic carbocycles. The normalized spacial score (nSPS) is 10.6. The molecule has 0 unspecified atom stereocenters. The van der Waals surface area contributed by atoms with Crippen molar-refractivity contribution in [2.75, 3.05) is 11.9 Å². The minimum atomic E-state index is -0.426. The third kappa shape index (κ3) is 6.01. The Morgan fingerprint density at radius 2 is 1.57 bits per heavy atom. The second kappa shape index (κ2) is 10.8. The Labute approximate surface area is 204 Å². The van der Waals surface area contributed by atoms with Gasteiger partial charge >= 0.3 is 5.97 Å². The average Bonchev–Trinajstić information content (AvgIpc) is 2.87. The van der Waals surface area contributed by atoms with Crippen LogP contribution in [0.2, 0.25) is 0 Å². The Morgan fingerprint density at radius 3 is 2.23 bits per heavy atom. The van der Waals surface area contributed by atoms with Crippen molar-refractivity contribution < 1.29 is 18.7 Å². The zero-order valence-electron chi connectivity index (χ0n) is 18.6. The van der Waals surface area contributed by atoms with E-state index < -0.39 is 5.97 Å². The highest BCUT2D eigenvalue weighted by Crippen LogP contribution is 2.25. The third-order valence-electron chi connectivity index (χ3n) is 4.84. The van der Waals surface area contributed by atoms with Crippen molar-refractivity contribution in [1.82, 2.24) is 9.78 Å². The molecule has 0 saturated heterocycles. The largest absolute Gasteiger partial charge is 0.462 e. The van der Waals surface area contributed by atoms with Crippen LogP contribution in [0.1, 0.15) is 27.6 Å². The van der Waals surface area contributed by atoms with Crippen LogP contribution in [0, 0.1) is 5.82 Å². The Morgan fingerprint density at radius 1 is 0.914 bits per heavy atom. The predicted molar refractivity (Wildman–Crippen MR) is 131 cm³/mol. The quantitative estimate of drug-likeness (QED) is 0.370. The number of aromatic nitrogens is 2. The number of hydrogen-bond acceptors (Lipinski definition) is 6. The van der Waals surface area contributed by atoms with Gasteiger partial charge < -0.3 is 10.1 Å². The minimum absolute atomic E-state index is 0.284. The topological polar surface area (TPSA) is 90.3 Å². The zero-order chi connectivity index (χ0) is 24.8. The standard InChI is InChI=1S/C26H20FN3O4S/c1-2-34-26(33)18-3-9-20(10-4-18)28-25(32)17-5-11-21(12-6-17)30-24(31)16-15-23(29-30)35-22-13-7-19(27)8-14-22/h3-16H,2H2,1H3,(H,28,32). The summed E-state index contributed by atoms with van der Waals surface area (Å²) in [6.07, 6.45) is 0. The molecule has 0 aliphatic heterocycles. The summed E-state index contributed by atoms with van der Waals surface area (Å²) in [7, 11) is 0. The number of esters is 1. The SMILES string of the molecule is CCOC(=O)c1ccc(NC(=O)c2ccc(-n3nc(Sc4ccc(F)cc4)ccc3=O)cc2)cc1. The monoisotopic (exact) mass is 489 g/mol. The average molecular weight is 490 g/mol. The van der Waals surface area contributed by atoms with Crippen molar-refractivity contribution >= 4 is 29.3 Å². The maximum Gasteiger partial charge on any atom is 0.338 e. The van der Waals surface area contributed by atoms with Gasteiger partial charge in [0.05, 0.1) is 17.9 Å². The number of benzene rings is 3. The van der Waals surface area contributed by atoms with Crippen molar-refractivity contribution in [3.05, 3.63) is 112 Å². The van der Waals surface area contributed by atoms with Crippen molar-refractivity contribution in [3.8, 4) is 5.69 Å². The molecule has 4 rings (SSSR count). The molecule has 1 N–H and O–H groups in total. The van der Waals surface area contributed by atoms with Crippen LogP contribution >= 0.6 is 11.8 Å². The number of nitrogens with zero attached hydrogens (tertiary/aromatic N) is 2. The lowest BCUT2D eigenvalue weighted by molar-refractivity contribution is 0.0526. The molecule has 0 fully saturated rings. The number of ether oxygens (including phenoxy) is 1. The molecule has 9 heteroatoms. The molecule has 0 atom stereocenters. The van der Waals surface area contributed by atoms with Gasteiger partial charge in [-0.05, 0) is 85.8 Å². The lowest BCUT2D eigenvalue weighted by atomic mass is 10.1. The van der Waals surface area contributed by atoms with Gasteiger partial charge in [-0.2, -0.15) is 9.78 Å². The molecular weight excluding hydrogens is 469 g/mol. The van der Waals surface area contributed by atoms with E-state index in [1.807, 2.05) is 0 Å². The van der Waals surface area contributed by atoms with Crippen molar-refractivity contribution in [3.63, 3.8) is 0 Å². The van der Waals surface area contributed by atoms with E-state index in [0.29, 0.717) is 27.5 Å². The zero-order valence-corrected chi connectivity index (χ0v) is 19.4. The number of halogens is 1. The fourth-order valence-corrected chi connectivity index (χ4v) is 3.89. The number of nitrogens with one attached hydrogen (secondary N) is 1. The first kappa shape index (κ1) is 23.9. The molecule has 35 heavy (non-hydrogen) atoms. The van der Waals surface area contributed by atoms with E-state index >= 15 is 0 Å². The number of rotatable bonds is 7. The molecule has 0 saturated carbocycles. The van der Waals surface area contributed by atoms with E-state index in [1.54, 1.807) is 73.7 Å². The summed E-state index contributed by atoms with van der Waals surface area (Å²) in [4.78, 5) is 37.5. The molecule has 4 aromatic rings. The predicted octanol–water partition coefficient (Wildman–Crippen LogP) is 4.95. The van der Waals surface area contributed by atoms with E-state index in [9.17, 15) is 18.8 Å². The van der Waals surface area contributed by atoms with Crippen LogP contribution in [0.15, 0.2) is 99.6 Å². The second-order valence-corrected chi connectivity index (χ2v) is 8.37. The molecule has 7 nitrogen and oxygen atoms in total. The Hall–Kier alpha value is -4.24. The summed E-state index contributed by atoms with van der Waals surface area (Å²) in [5, 5.41) is 7.69. The molecule has 1 aromatic heterocycles. The Bertz CT molecular complexity index is 1400. The van der Waals surface area contributed by atoms with Crippen LogP contribution < -0.4 is 10.9 Å². The Balaban J connectivity index is 1.46. The van der Waals surface area contributed by atoms with Gasteiger partial charge in [0, 0.05) is 22.2 Å². The van der Waals surface area contributed by atoms with E-state index in [0.717, 1.165) is 4.90 Å². The summed E-state index contributed by atoms with van der Waals surface area (Å²) in [6.45, 7) is 2.01. The van der Waals surface area contributed by atoms with E-state index in [4.69, 9.17) is 4.74 Å². The summed E-state index contributed by atoms with van der Waals surface area (Å²) in [5.41, 5.74) is 1.47. The first-order valence-electron chi connectivity index (χ1n) is 10.7. The van der Waals surface area contributed by atoms with Crippen LogP contribution in [-0.4, -0.2) is 28.3 Å². The molecule has 176 valence electrons. The minimum Gasteiger partial charge on any atom is -0.462 e. The summed E-state index contributed by atoms with van der Waals surface area (Å²) < 4.78 is 19.3. The lowest BCUT2D eigenvalue weighted by Crippen LogP contribution is -2.20. The number of anilines is 1. The lowest BCUT2D eigenvalue weighted by Gasteiger charge is -2.09. The second-order valence-electron chi connectivity index (χ2n) is 7.28. The van der Waals surface area contributed by atoms with Crippen molar-refractivity contribution in [2.24, 2.45) is 0 Å². The first-order valence-corrected chi connectivity index (χ1v) is 11.5. The van der Waals surface area contributed by atoms with Crippen LogP contribution in [-0.2, 0) is 4.74 Å². The van der Waals surface area contributed by atoms with Gasteiger partial charge in [-0.15, -0.1) is 0 Å². The molecule has 3 aromatic carbocycles. The van der Waals surface area contributed by atoms with Crippen LogP contribution in [0.4, 0.5) is 10.1 Å². The van der Waals surface area contributed by atoms with Gasteiger partial charge in [0.2, 0.25) is 0 Å². The summed E-state index contributed by atoms with van der Waals surface area (Å²) >= 11 is 1.30. The van der Waals surface area contributed by atoms with Gasteiger partial charge in [-0.3, -0.25) is 9.59 Å². The maximum atomic E-state index is 13.1. The highest BCUT2D eigenvalue weighted by molar-refractivity contribution is 7.99. The molecule has 0 spiro atoms. The van der Waals surface area contributed by atoms with Crippen LogP contribution in [0.5, 0.6) is 0 Å². The van der Waals surface area contributed by atoms with Crippen LogP contribution in [0.3, 0.4) is 0 Å². The Kier molecular flexibility index (Phi) is 7.37. The highest BCUT2D eigenvalue weighted by atomic mass is 32.2. The number of carbonyl (C=O) groups is 2. The molecule has 1 amide bonds. The van der Waals surface area contributed by atoms with Crippen molar-refractivity contribution in [1.29, 1.82) is 0 Å². The molecule has 0 bridgehead atoms. The molecule has 1 heterocycles. The van der Waals surface area contributed by atoms with Gasteiger partial charge in [0.25, 0.3) is 11.5 Å². The number of amides is 1. The molecule has 0 radical (unpaired) electrons. The maximum absolute atomic E-state index is 13.1. The molecular formula is C26H20FN3O4S. The first-order chi connectivity index (χ1) is 16.9. The third-order valence-corrected chi connectivity index (χ3v) is 5.77. The van der Waals surface area contributed by atoms with Crippen molar-refractivity contribution in [2.45, 2.75) is 16.8 Å². The van der Waals surface area contributed by atoms with Gasteiger partial charge in [-0.1, -0.05) is 11.8 Å². The smallest absolute Gasteiger partial charge is 0.338 e. The van der Waals surface area contributed by atoms with E-state index in [-0.39, 0.29) is 23.9 Å². The van der Waals surface area contributed by atoms with Gasteiger partial charge in [0.15, 0.2) is 0 Å². The fraction of sp³-hybridized carbons (Fsp3) is 0.0769. The van der Waals surface area contributed by atoms with Crippen LogP contribution in [0.25, 0.3) is 5.69 Å². The van der Waals surface area contributed by atoms with E-state index in [1.165, 1.54) is 34.6 Å². The fourth-order valence-electron chi connectivity index (χ4n) is 3.12. The summed E-state index contributed by atoms with van der Waals surface area (Å²) in [5.74, 6) is -1.10. The number of hydrogen-bond donors (Lipinski definition) is 1. The number of carbonyl (C=O) groups excluding carboxylic acids is 2. The van der Waals surface area contributed by atoms with E-state index in [2.05, 4.69) is 10.4 Å².